The number of nitrogens with zero attached hydrogens (tertiary/aromatic N) is 4. The number of aromatic nitrogens is 2. The molecule has 3 heterocycles. The first-order chi connectivity index (χ1) is 14.1. The summed E-state index contributed by atoms with van der Waals surface area (Å²) in [4.78, 5) is 40.0. The number of benzene rings is 1. The van der Waals surface area contributed by atoms with Crippen molar-refractivity contribution in [2.45, 2.75) is 37.3 Å². The minimum atomic E-state index is -2.91. The van der Waals surface area contributed by atoms with E-state index in [-0.39, 0.29) is 25.2 Å². The van der Waals surface area contributed by atoms with Crippen LogP contribution in [-0.4, -0.2) is 65.0 Å². The van der Waals surface area contributed by atoms with Crippen LogP contribution in [0, 0.1) is 0 Å². The number of rotatable bonds is 3. The fraction of sp³-hybridized carbons (Fsp3) is 0.550. The molecule has 0 spiro atoms. The fourth-order valence-electron chi connectivity index (χ4n) is 4.67. The number of nitrogens with one attached hydrogen (secondary N) is 1. The molecular weight excluding hydrogens is 396 g/mol. The van der Waals surface area contributed by atoms with Crippen molar-refractivity contribution in [2.24, 2.45) is 7.05 Å². The number of hydrogen-bond donors (Lipinski definition) is 1. The van der Waals surface area contributed by atoms with Gasteiger partial charge in [-0.2, -0.15) is 0 Å². The molecule has 1 aromatic carbocycles. The fourth-order valence-corrected chi connectivity index (χ4v) is 4.67. The zero-order valence-corrected chi connectivity index (χ0v) is 17.2. The second-order valence-electron chi connectivity index (χ2n) is 8.27. The molecule has 4 rings (SSSR count). The highest BCUT2D eigenvalue weighted by Crippen LogP contribution is 2.36. The zero-order chi connectivity index (χ0) is 21.8. The molecule has 0 radical (unpaired) electrons. The summed E-state index contributed by atoms with van der Waals surface area (Å²) in [7, 11) is 4.87. The van der Waals surface area contributed by atoms with Gasteiger partial charge >= 0.3 is 5.69 Å². The molecule has 2 amide bonds. The summed E-state index contributed by atoms with van der Waals surface area (Å²) < 4.78 is 32.3. The first kappa shape index (κ1) is 20.5. The third kappa shape index (κ3) is 3.19. The third-order valence-electron chi connectivity index (χ3n) is 6.13. The van der Waals surface area contributed by atoms with E-state index in [9.17, 15) is 23.2 Å². The van der Waals surface area contributed by atoms with Crippen LogP contribution in [-0.2, 0) is 16.6 Å². The molecule has 2 fully saturated rings. The Balaban J connectivity index is 1.78. The molecule has 2 aromatic rings. The Labute approximate surface area is 172 Å². The van der Waals surface area contributed by atoms with Crippen LogP contribution in [0.3, 0.4) is 0 Å². The van der Waals surface area contributed by atoms with E-state index in [1.165, 1.54) is 9.13 Å². The molecule has 8 nitrogen and oxygen atoms in total. The van der Waals surface area contributed by atoms with E-state index in [1.54, 1.807) is 49.1 Å². The van der Waals surface area contributed by atoms with Crippen molar-refractivity contribution in [1.82, 2.24) is 19.4 Å². The maximum atomic E-state index is 14.8. The summed E-state index contributed by atoms with van der Waals surface area (Å²) in [5.74, 6) is -3.80. The Bertz CT molecular complexity index is 1070. The van der Waals surface area contributed by atoms with Crippen LogP contribution in [0.4, 0.5) is 14.5 Å². The van der Waals surface area contributed by atoms with Crippen molar-refractivity contribution < 1.29 is 18.4 Å². The van der Waals surface area contributed by atoms with E-state index in [4.69, 9.17) is 0 Å². The molecule has 2 saturated heterocycles. The Kier molecular flexibility index (Phi) is 4.92. The molecule has 2 unspecified atom stereocenters. The second kappa shape index (κ2) is 7.19. The van der Waals surface area contributed by atoms with Crippen LogP contribution in [0.15, 0.2) is 23.0 Å². The lowest BCUT2D eigenvalue weighted by Gasteiger charge is -2.42. The van der Waals surface area contributed by atoms with Crippen molar-refractivity contribution >= 4 is 28.5 Å². The van der Waals surface area contributed by atoms with Gasteiger partial charge in [0.25, 0.3) is 5.92 Å². The van der Waals surface area contributed by atoms with Crippen LogP contribution >= 0.6 is 0 Å². The van der Waals surface area contributed by atoms with Crippen LogP contribution < -0.4 is 15.9 Å². The first-order valence-electron chi connectivity index (χ1n) is 9.94. The molecule has 2 atom stereocenters. The number of fused-ring (bicyclic) bond motifs is 1. The summed E-state index contributed by atoms with van der Waals surface area (Å²) in [6, 6.07) is 3.48. The van der Waals surface area contributed by atoms with Gasteiger partial charge in [0.1, 0.15) is 6.04 Å². The van der Waals surface area contributed by atoms with Crippen molar-refractivity contribution in [3.05, 3.63) is 28.7 Å². The molecule has 0 bridgehead atoms. The molecule has 162 valence electrons. The summed E-state index contributed by atoms with van der Waals surface area (Å²) in [6.07, 6.45) is 0.654. The van der Waals surface area contributed by atoms with Gasteiger partial charge in [0, 0.05) is 20.0 Å². The molecule has 0 aliphatic carbocycles. The standard InChI is InChI=1S/C20H25F2N5O3/c1-24(2)15-9-10-26(11-20(15,21)22)12-5-4-6-13-17(12)25(3)19(30)27(13)14-7-8-16(28)23-18(14)29/h4-6,14-15H,7-11H2,1-3H3,(H,23,28,29). The number of halogens is 2. The quantitative estimate of drug-likeness (QED) is 0.751. The van der Waals surface area contributed by atoms with Gasteiger partial charge in [0.05, 0.1) is 29.3 Å². The monoisotopic (exact) mass is 421 g/mol. The van der Waals surface area contributed by atoms with Crippen molar-refractivity contribution in [1.29, 1.82) is 0 Å². The number of anilines is 1. The van der Waals surface area contributed by atoms with Crippen LogP contribution in [0.25, 0.3) is 11.0 Å². The molecule has 0 saturated carbocycles. The van der Waals surface area contributed by atoms with E-state index < -0.39 is 36.1 Å². The lowest BCUT2D eigenvalue weighted by atomic mass is 9.99. The zero-order valence-electron chi connectivity index (χ0n) is 17.2. The predicted octanol–water partition coefficient (Wildman–Crippen LogP) is 1.09. The highest BCUT2D eigenvalue weighted by Gasteiger charge is 2.46. The highest BCUT2D eigenvalue weighted by atomic mass is 19.3. The lowest BCUT2D eigenvalue weighted by molar-refractivity contribution is -0.135. The van der Waals surface area contributed by atoms with Crippen molar-refractivity contribution in [3.8, 4) is 0 Å². The number of aryl methyl sites for hydroxylation is 1. The van der Waals surface area contributed by atoms with Crippen LogP contribution in [0.1, 0.15) is 25.3 Å². The first-order valence-corrected chi connectivity index (χ1v) is 9.94. The number of alkyl halides is 2. The number of carbonyl (C=O) groups is 2. The van der Waals surface area contributed by atoms with Gasteiger partial charge in [-0.05, 0) is 39.1 Å². The van der Waals surface area contributed by atoms with Gasteiger partial charge < -0.3 is 9.80 Å². The van der Waals surface area contributed by atoms with Crippen LogP contribution in [0.5, 0.6) is 0 Å². The molecule has 10 heteroatoms. The maximum Gasteiger partial charge on any atom is 0.329 e. The minimum absolute atomic E-state index is 0.142. The summed E-state index contributed by atoms with van der Waals surface area (Å²) in [5, 5.41) is 2.27. The van der Waals surface area contributed by atoms with Gasteiger partial charge in [-0.1, -0.05) is 6.07 Å². The number of imide groups is 1. The van der Waals surface area contributed by atoms with Gasteiger partial charge in [-0.25, -0.2) is 13.6 Å². The van der Waals surface area contributed by atoms with E-state index in [0.29, 0.717) is 23.3 Å². The highest BCUT2D eigenvalue weighted by molar-refractivity contribution is 6.00. The minimum Gasteiger partial charge on any atom is -0.364 e. The summed E-state index contributed by atoms with van der Waals surface area (Å²) in [6.45, 7) is -0.0257. The number of imidazole rings is 1. The maximum absolute atomic E-state index is 14.8. The third-order valence-corrected chi connectivity index (χ3v) is 6.13. The average molecular weight is 421 g/mol. The van der Waals surface area contributed by atoms with Gasteiger partial charge in [0.15, 0.2) is 0 Å². The van der Waals surface area contributed by atoms with Crippen LogP contribution in [0.2, 0.25) is 0 Å². The number of para-hydroxylation sites is 1. The second-order valence-corrected chi connectivity index (χ2v) is 8.27. The molecule has 30 heavy (non-hydrogen) atoms. The molecule has 2 aliphatic heterocycles. The molecule has 1 aromatic heterocycles. The van der Waals surface area contributed by atoms with E-state index >= 15 is 0 Å². The Morgan fingerprint density at radius 3 is 2.53 bits per heavy atom. The number of hydrogen-bond acceptors (Lipinski definition) is 5. The Morgan fingerprint density at radius 1 is 1.17 bits per heavy atom. The van der Waals surface area contributed by atoms with Crippen molar-refractivity contribution in [3.63, 3.8) is 0 Å². The average Bonchev–Trinajstić information content (AvgIpc) is 2.92. The number of carbonyl (C=O) groups excluding carboxylic acids is 2. The van der Waals surface area contributed by atoms with E-state index in [1.807, 2.05) is 0 Å². The van der Waals surface area contributed by atoms with E-state index in [0.717, 1.165) is 0 Å². The predicted molar refractivity (Wildman–Crippen MR) is 108 cm³/mol. The van der Waals surface area contributed by atoms with Gasteiger partial charge in [0.2, 0.25) is 11.8 Å². The largest absolute Gasteiger partial charge is 0.364 e. The Hall–Kier alpha value is -2.75. The van der Waals surface area contributed by atoms with Crippen molar-refractivity contribution in [2.75, 3.05) is 32.1 Å². The normalized spacial score (nSPS) is 24.5. The topological polar surface area (TPSA) is 79.6 Å². The summed E-state index contributed by atoms with van der Waals surface area (Å²) in [5.41, 5.74) is 1.12. The molecular formula is C20H25F2N5O3. The molecule has 1 N–H and O–H groups in total. The smallest absolute Gasteiger partial charge is 0.329 e. The summed E-state index contributed by atoms with van der Waals surface area (Å²) >= 11 is 0. The van der Waals surface area contributed by atoms with Gasteiger partial charge in [-0.15, -0.1) is 0 Å². The van der Waals surface area contributed by atoms with Gasteiger partial charge in [-0.3, -0.25) is 24.0 Å². The Morgan fingerprint density at radius 2 is 1.90 bits per heavy atom. The number of piperidine rings is 2. The van der Waals surface area contributed by atoms with E-state index in [2.05, 4.69) is 5.32 Å². The lowest BCUT2D eigenvalue weighted by Crippen LogP contribution is -2.56. The SMILES string of the molecule is CN(C)C1CCN(c2cccc3c2n(C)c(=O)n3C2CCC(=O)NC2=O)CC1(F)F. The molecule has 2 aliphatic rings. The number of amides is 2.